The Labute approximate surface area is 274 Å². The zero-order valence-corrected chi connectivity index (χ0v) is 25.4. The minimum absolute atomic E-state index is 0.135. The van der Waals surface area contributed by atoms with Crippen LogP contribution in [0.25, 0.3) is 0 Å². The standard InChI is InChI=1S/C41H29NO5/c1-4-27-42-39-10-8-7-9-38(39)41(40(42)43,30-11-15-34(16-12-30)46-36-23-19-32(20-24-36)44-28-5-2)31-13-17-35(18-14-31)47-37-25-21-33(22-26-37)45-29-6-3/h1-3,7-26H,27-29H2. The van der Waals surface area contributed by atoms with Crippen molar-refractivity contribution in [1.29, 1.82) is 0 Å². The number of para-hydroxylation sites is 1. The van der Waals surface area contributed by atoms with Crippen molar-refractivity contribution in [2.75, 3.05) is 24.7 Å². The number of hydrogen-bond donors (Lipinski definition) is 0. The van der Waals surface area contributed by atoms with Gasteiger partial charge in [-0.25, -0.2) is 0 Å². The van der Waals surface area contributed by atoms with E-state index in [9.17, 15) is 4.79 Å². The molecule has 6 rings (SSSR count). The van der Waals surface area contributed by atoms with Crippen molar-refractivity contribution >= 4 is 11.6 Å². The summed E-state index contributed by atoms with van der Waals surface area (Å²) in [5.74, 6) is 11.2. The number of fused-ring (bicyclic) bond motifs is 1. The summed E-state index contributed by atoms with van der Waals surface area (Å²) in [4.78, 5) is 16.2. The number of anilines is 1. The summed E-state index contributed by atoms with van der Waals surface area (Å²) >= 11 is 0. The lowest BCUT2D eigenvalue weighted by molar-refractivity contribution is -0.120. The molecule has 47 heavy (non-hydrogen) atoms. The molecule has 0 saturated carbocycles. The molecule has 0 bridgehead atoms. The summed E-state index contributed by atoms with van der Waals surface area (Å²) in [6.45, 7) is 0.525. The van der Waals surface area contributed by atoms with E-state index in [0.717, 1.165) is 22.4 Å². The second-order valence-electron chi connectivity index (χ2n) is 10.5. The van der Waals surface area contributed by atoms with E-state index in [1.165, 1.54) is 0 Å². The van der Waals surface area contributed by atoms with Crippen LogP contribution in [0.3, 0.4) is 0 Å². The van der Waals surface area contributed by atoms with E-state index >= 15 is 0 Å². The zero-order valence-electron chi connectivity index (χ0n) is 25.4. The van der Waals surface area contributed by atoms with Crippen LogP contribution < -0.4 is 23.8 Å². The van der Waals surface area contributed by atoms with Gasteiger partial charge < -0.3 is 18.9 Å². The summed E-state index contributed by atoms with van der Waals surface area (Å²) in [7, 11) is 0. The first-order chi connectivity index (χ1) is 23.1. The molecule has 1 heterocycles. The van der Waals surface area contributed by atoms with E-state index in [1.807, 2.05) is 72.8 Å². The maximum atomic E-state index is 14.6. The highest BCUT2D eigenvalue weighted by molar-refractivity contribution is 6.13. The molecular formula is C41H29NO5. The molecule has 0 unspecified atom stereocenters. The van der Waals surface area contributed by atoms with E-state index in [0.29, 0.717) is 34.5 Å². The number of rotatable bonds is 11. The van der Waals surface area contributed by atoms with E-state index in [2.05, 4.69) is 17.8 Å². The van der Waals surface area contributed by atoms with Crippen LogP contribution in [-0.2, 0) is 10.2 Å². The molecule has 0 radical (unpaired) electrons. The number of carbonyl (C=O) groups excluding carboxylic acids is 1. The number of hydrogen-bond acceptors (Lipinski definition) is 5. The van der Waals surface area contributed by atoms with Crippen LogP contribution in [-0.4, -0.2) is 25.7 Å². The molecule has 5 aromatic rings. The Morgan fingerprint density at radius 1 is 0.532 bits per heavy atom. The lowest BCUT2D eigenvalue weighted by atomic mass is 9.70. The van der Waals surface area contributed by atoms with Crippen molar-refractivity contribution in [2.24, 2.45) is 0 Å². The topological polar surface area (TPSA) is 57.2 Å². The summed E-state index contributed by atoms with van der Waals surface area (Å²) in [6.07, 6.45) is 16.3. The molecule has 228 valence electrons. The fourth-order valence-corrected chi connectivity index (χ4v) is 5.70. The summed E-state index contributed by atoms with van der Waals surface area (Å²) in [6, 6.07) is 37.2. The molecule has 0 aromatic heterocycles. The van der Waals surface area contributed by atoms with Gasteiger partial charge in [-0.2, -0.15) is 0 Å². The molecule has 5 aromatic carbocycles. The van der Waals surface area contributed by atoms with E-state index < -0.39 is 5.41 Å². The molecule has 1 amide bonds. The van der Waals surface area contributed by atoms with Gasteiger partial charge in [-0.05, 0) is 90.0 Å². The highest BCUT2D eigenvalue weighted by atomic mass is 16.5. The minimum atomic E-state index is -1.16. The monoisotopic (exact) mass is 615 g/mol. The molecule has 0 atom stereocenters. The number of ether oxygens (including phenoxy) is 4. The van der Waals surface area contributed by atoms with Crippen LogP contribution in [0.1, 0.15) is 16.7 Å². The average molecular weight is 616 g/mol. The first-order valence-corrected chi connectivity index (χ1v) is 14.8. The largest absolute Gasteiger partial charge is 0.481 e. The second kappa shape index (κ2) is 13.6. The molecule has 0 N–H and O–H groups in total. The van der Waals surface area contributed by atoms with Gasteiger partial charge >= 0.3 is 0 Å². The predicted molar refractivity (Wildman–Crippen MR) is 182 cm³/mol. The fraction of sp³-hybridized carbons (Fsp3) is 0.0976. The zero-order chi connectivity index (χ0) is 32.6. The van der Waals surface area contributed by atoms with Gasteiger partial charge in [0.25, 0.3) is 0 Å². The second-order valence-corrected chi connectivity index (χ2v) is 10.5. The Balaban J connectivity index is 1.33. The molecule has 0 fully saturated rings. The molecule has 1 aliphatic rings. The number of benzene rings is 5. The molecule has 6 heteroatoms. The van der Waals surface area contributed by atoms with Crippen molar-refractivity contribution < 1.29 is 23.7 Å². The van der Waals surface area contributed by atoms with Crippen LogP contribution in [0.15, 0.2) is 121 Å². The van der Waals surface area contributed by atoms with Gasteiger partial charge in [0, 0.05) is 11.3 Å². The fourth-order valence-electron chi connectivity index (χ4n) is 5.70. The van der Waals surface area contributed by atoms with Crippen LogP contribution in [0.5, 0.6) is 34.5 Å². The lowest BCUT2D eigenvalue weighted by Crippen LogP contribution is -2.42. The summed E-state index contributed by atoms with van der Waals surface area (Å²) in [5, 5.41) is 0. The Bertz CT molecular complexity index is 1890. The smallest absolute Gasteiger partial charge is 0.247 e. The van der Waals surface area contributed by atoms with Gasteiger partial charge in [-0.1, -0.05) is 60.2 Å². The van der Waals surface area contributed by atoms with Gasteiger partial charge in [-0.3, -0.25) is 9.69 Å². The molecule has 1 aliphatic heterocycles. The van der Waals surface area contributed by atoms with E-state index in [4.69, 9.17) is 38.2 Å². The predicted octanol–water partition coefficient (Wildman–Crippen LogP) is 7.61. The van der Waals surface area contributed by atoms with Gasteiger partial charge in [0.05, 0.1) is 6.54 Å². The van der Waals surface area contributed by atoms with Crippen LogP contribution in [0.4, 0.5) is 5.69 Å². The first-order valence-electron chi connectivity index (χ1n) is 14.8. The Morgan fingerprint density at radius 3 is 1.36 bits per heavy atom. The Hall–Kier alpha value is -6.55. The third-order valence-corrected chi connectivity index (χ3v) is 7.75. The lowest BCUT2D eigenvalue weighted by Gasteiger charge is -2.30. The van der Waals surface area contributed by atoms with Crippen molar-refractivity contribution in [3.63, 3.8) is 0 Å². The number of terminal acetylenes is 3. The summed E-state index contributed by atoms with van der Waals surface area (Å²) < 4.78 is 23.1. The van der Waals surface area contributed by atoms with Gasteiger partial charge in [0.2, 0.25) is 5.91 Å². The molecule has 0 aliphatic carbocycles. The van der Waals surface area contributed by atoms with E-state index in [1.54, 1.807) is 53.4 Å². The van der Waals surface area contributed by atoms with Crippen molar-refractivity contribution in [3.8, 4) is 71.5 Å². The highest BCUT2D eigenvalue weighted by Crippen LogP contribution is 2.50. The first kappa shape index (κ1) is 30.5. The third kappa shape index (κ3) is 6.07. The van der Waals surface area contributed by atoms with Gasteiger partial charge in [0.15, 0.2) is 0 Å². The average Bonchev–Trinajstić information content (AvgIpc) is 3.36. The number of nitrogens with zero attached hydrogens (tertiary/aromatic N) is 1. The van der Waals surface area contributed by atoms with Gasteiger partial charge in [-0.15, -0.1) is 19.3 Å². The quantitative estimate of drug-likeness (QED) is 0.143. The molecule has 0 saturated heterocycles. The highest BCUT2D eigenvalue weighted by Gasteiger charge is 2.53. The van der Waals surface area contributed by atoms with Crippen LogP contribution in [0, 0.1) is 37.0 Å². The SMILES string of the molecule is C#CCOc1ccc(Oc2ccc(C3(c4ccc(Oc5ccc(OCC#C)cc5)cc4)C(=O)N(CC#C)c4ccccc43)cc2)cc1. The minimum Gasteiger partial charge on any atom is -0.481 e. The number of carbonyl (C=O) groups is 1. The van der Waals surface area contributed by atoms with Crippen molar-refractivity contribution in [3.05, 3.63) is 138 Å². The maximum absolute atomic E-state index is 14.6. The Morgan fingerprint density at radius 2 is 0.936 bits per heavy atom. The van der Waals surface area contributed by atoms with Gasteiger partial charge in [0.1, 0.15) is 53.1 Å². The molecule has 0 spiro atoms. The Kier molecular flexibility index (Phi) is 8.83. The number of amides is 1. The summed E-state index contributed by atoms with van der Waals surface area (Å²) in [5.41, 5.74) is 2.01. The third-order valence-electron chi connectivity index (χ3n) is 7.75. The van der Waals surface area contributed by atoms with E-state index in [-0.39, 0.29) is 25.7 Å². The van der Waals surface area contributed by atoms with Crippen molar-refractivity contribution in [2.45, 2.75) is 5.41 Å². The maximum Gasteiger partial charge on any atom is 0.247 e. The molecular weight excluding hydrogens is 586 g/mol. The van der Waals surface area contributed by atoms with Crippen LogP contribution >= 0.6 is 0 Å². The van der Waals surface area contributed by atoms with Crippen molar-refractivity contribution in [1.82, 2.24) is 0 Å². The normalized spacial score (nSPS) is 12.6. The molecule has 6 nitrogen and oxygen atoms in total. The van der Waals surface area contributed by atoms with Crippen LogP contribution in [0.2, 0.25) is 0 Å².